The Bertz CT molecular complexity index is 2050. The lowest BCUT2D eigenvalue weighted by Crippen LogP contribution is -2.47. The van der Waals surface area contributed by atoms with Crippen LogP contribution in [0.3, 0.4) is 0 Å². The Morgan fingerprint density at radius 2 is 1.41 bits per heavy atom. The van der Waals surface area contributed by atoms with Gasteiger partial charge >= 0.3 is 6.09 Å². The van der Waals surface area contributed by atoms with E-state index in [0.29, 0.717) is 33.7 Å². The summed E-state index contributed by atoms with van der Waals surface area (Å²) in [4.78, 5) is 61.8. The predicted octanol–water partition coefficient (Wildman–Crippen LogP) is 6.89. The molecule has 1 aliphatic carbocycles. The minimum absolute atomic E-state index is 0.0497. The molecular weight excluding hydrogens is 618 g/mol. The smallest absolute Gasteiger partial charge is 0.435 e. The third-order valence-electron chi connectivity index (χ3n) is 8.65. The summed E-state index contributed by atoms with van der Waals surface area (Å²) < 4.78 is 6.81. The first kappa shape index (κ1) is 31.8. The molecule has 3 amide bonds. The molecule has 10 nitrogen and oxygen atoms in total. The number of benzene rings is 4. The van der Waals surface area contributed by atoms with E-state index in [-0.39, 0.29) is 24.9 Å². The van der Waals surface area contributed by atoms with Crippen molar-refractivity contribution in [1.29, 1.82) is 0 Å². The predicted molar refractivity (Wildman–Crippen MR) is 188 cm³/mol. The van der Waals surface area contributed by atoms with Gasteiger partial charge in [0.05, 0.1) is 22.6 Å². The van der Waals surface area contributed by atoms with Crippen molar-refractivity contribution in [3.05, 3.63) is 115 Å². The summed E-state index contributed by atoms with van der Waals surface area (Å²) in [6.07, 6.45) is 0.976. The van der Waals surface area contributed by atoms with Crippen LogP contribution < -0.4 is 14.7 Å². The van der Waals surface area contributed by atoms with Gasteiger partial charge in [0.1, 0.15) is 18.1 Å². The van der Waals surface area contributed by atoms with Gasteiger partial charge in [0.25, 0.3) is 0 Å². The minimum Gasteiger partial charge on any atom is -0.442 e. The molecule has 1 aliphatic heterocycles. The molecule has 1 unspecified atom stereocenters. The highest BCUT2D eigenvalue weighted by atomic mass is 16.6. The maximum absolute atomic E-state index is 14.8. The minimum atomic E-state index is -1.27. The topological polar surface area (TPSA) is 105 Å². The number of amides is 3. The van der Waals surface area contributed by atoms with Crippen LogP contribution in [0.2, 0.25) is 0 Å². The van der Waals surface area contributed by atoms with Gasteiger partial charge in [0, 0.05) is 29.2 Å². The number of para-hydroxylation sites is 5. The lowest BCUT2D eigenvalue weighted by Gasteiger charge is -2.29. The maximum Gasteiger partial charge on any atom is 0.435 e. The molecule has 1 atom stereocenters. The van der Waals surface area contributed by atoms with Gasteiger partial charge in [-0.3, -0.25) is 19.3 Å². The van der Waals surface area contributed by atoms with Crippen molar-refractivity contribution in [1.82, 2.24) is 9.78 Å². The second-order valence-electron chi connectivity index (χ2n) is 13.4. The highest BCUT2D eigenvalue weighted by Crippen LogP contribution is 2.41. The Kier molecular flexibility index (Phi) is 8.23. The standard InChI is InChI=1S/C39H37N5O5/c1-39(2,3)49-38(48)44-32-19-11-10-18-29(32)31(40-44)24-30-36(46)41(25-35(45)42(28-22-23-28)26-14-6-4-7-15-26)33-20-12-13-21-34(33)43(37(30)47)27-16-8-5-9-17-27/h4-21,28,30H,22-25H2,1-3H3. The average Bonchev–Trinajstić information content (AvgIpc) is 3.86. The van der Waals surface area contributed by atoms with Gasteiger partial charge in [-0.15, -0.1) is 0 Å². The van der Waals surface area contributed by atoms with Gasteiger partial charge in [-0.05, 0) is 76.1 Å². The number of ether oxygens (including phenoxy) is 1. The summed E-state index contributed by atoms with van der Waals surface area (Å²) in [7, 11) is 0. The van der Waals surface area contributed by atoms with Gasteiger partial charge in [0.2, 0.25) is 17.7 Å². The number of carbonyl (C=O) groups is 4. The summed E-state index contributed by atoms with van der Waals surface area (Å²) in [6, 6.07) is 33.0. The number of nitrogens with zero attached hydrogens (tertiary/aromatic N) is 5. The maximum atomic E-state index is 14.8. The zero-order chi connectivity index (χ0) is 34.3. The molecule has 0 spiro atoms. The first-order valence-electron chi connectivity index (χ1n) is 16.5. The van der Waals surface area contributed by atoms with E-state index in [9.17, 15) is 19.2 Å². The number of fused-ring (bicyclic) bond motifs is 2. The van der Waals surface area contributed by atoms with Crippen LogP contribution in [-0.2, 0) is 25.5 Å². The fourth-order valence-corrected chi connectivity index (χ4v) is 6.36. The average molecular weight is 656 g/mol. The molecule has 7 rings (SSSR count). The van der Waals surface area contributed by atoms with E-state index < -0.39 is 29.4 Å². The molecule has 5 aromatic rings. The molecule has 4 aromatic carbocycles. The fourth-order valence-electron chi connectivity index (χ4n) is 6.36. The van der Waals surface area contributed by atoms with E-state index in [1.807, 2.05) is 78.9 Å². The Balaban J connectivity index is 1.33. The van der Waals surface area contributed by atoms with Crippen LogP contribution in [0, 0.1) is 5.92 Å². The summed E-state index contributed by atoms with van der Waals surface area (Å²) in [6.45, 7) is 5.05. The Morgan fingerprint density at radius 3 is 2.08 bits per heavy atom. The van der Waals surface area contributed by atoms with Crippen molar-refractivity contribution in [3.63, 3.8) is 0 Å². The first-order chi connectivity index (χ1) is 23.6. The molecule has 2 heterocycles. The number of hydrogen-bond donors (Lipinski definition) is 0. The van der Waals surface area contributed by atoms with Crippen molar-refractivity contribution in [2.75, 3.05) is 21.2 Å². The first-order valence-corrected chi connectivity index (χ1v) is 16.5. The van der Waals surface area contributed by atoms with Crippen molar-refractivity contribution in [2.24, 2.45) is 5.92 Å². The summed E-state index contributed by atoms with van der Waals surface area (Å²) >= 11 is 0. The van der Waals surface area contributed by atoms with Crippen molar-refractivity contribution < 1.29 is 23.9 Å². The van der Waals surface area contributed by atoms with E-state index in [0.717, 1.165) is 18.5 Å². The van der Waals surface area contributed by atoms with E-state index >= 15 is 0 Å². The normalized spacial score (nSPS) is 16.3. The molecule has 0 radical (unpaired) electrons. The number of hydrogen-bond acceptors (Lipinski definition) is 6. The molecule has 2 aliphatic rings. The Morgan fingerprint density at radius 1 is 0.796 bits per heavy atom. The van der Waals surface area contributed by atoms with Crippen molar-refractivity contribution in [2.45, 2.75) is 51.7 Å². The third kappa shape index (κ3) is 6.29. The van der Waals surface area contributed by atoms with Gasteiger partial charge in [-0.2, -0.15) is 9.78 Å². The number of carbonyl (C=O) groups excluding carboxylic acids is 4. The van der Waals surface area contributed by atoms with Crippen LogP contribution in [0.25, 0.3) is 10.9 Å². The number of rotatable bonds is 7. The molecule has 1 fully saturated rings. The zero-order valence-corrected chi connectivity index (χ0v) is 27.7. The van der Waals surface area contributed by atoms with Crippen LogP contribution in [0.1, 0.15) is 39.3 Å². The number of anilines is 4. The van der Waals surface area contributed by atoms with Gasteiger partial charge in [0.15, 0.2) is 0 Å². The molecule has 1 saturated carbocycles. The second kappa shape index (κ2) is 12.7. The van der Waals surface area contributed by atoms with E-state index in [1.165, 1.54) is 9.58 Å². The highest BCUT2D eigenvalue weighted by Gasteiger charge is 2.44. The Labute approximate surface area is 284 Å². The molecule has 0 bridgehead atoms. The largest absolute Gasteiger partial charge is 0.442 e. The molecule has 1 aromatic heterocycles. The molecule has 0 N–H and O–H groups in total. The Hall–Kier alpha value is -5.77. The van der Waals surface area contributed by atoms with Crippen molar-refractivity contribution in [3.8, 4) is 0 Å². The fraction of sp³-hybridized carbons (Fsp3) is 0.256. The summed E-state index contributed by atoms with van der Waals surface area (Å²) in [5, 5.41) is 5.24. The summed E-state index contributed by atoms with van der Waals surface area (Å²) in [5.74, 6) is -2.49. The number of aromatic nitrogens is 2. The molecule has 10 heteroatoms. The van der Waals surface area contributed by atoms with E-state index in [1.54, 1.807) is 60.9 Å². The lowest BCUT2D eigenvalue weighted by molar-refractivity contribution is -0.132. The van der Waals surface area contributed by atoms with Crippen molar-refractivity contribution >= 4 is 57.5 Å². The van der Waals surface area contributed by atoms with Crippen LogP contribution in [0.4, 0.5) is 27.5 Å². The third-order valence-corrected chi connectivity index (χ3v) is 8.65. The monoisotopic (exact) mass is 655 g/mol. The lowest BCUT2D eigenvalue weighted by atomic mass is 9.98. The highest BCUT2D eigenvalue weighted by molar-refractivity contribution is 6.21. The SMILES string of the molecule is CC(C)(C)OC(=O)n1nc(CC2C(=O)N(CC(=O)N(c3ccccc3)C3CC3)c3ccccc3N(c3ccccc3)C2=O)c2ccccc21. The van der Waals surface area contributed by atoms with Crippen LogP contribution in [0.5, 0.6) is 0 Å². The van der Waals surface area contributed by atoms with Gasteiger partial charge in [-0.25, -0.2) is 4.79 Å². The molecule has 248 valence electrons. The van der Waals surface area contributed by atoms with Crippen LogP contribution in [-0.4, -0.2) is 51.8 Å². The second-order valence-corrected chi connectivity index (χ2v) is 13.4. The molecule has 0 saturated heterocycles. The summed E-state index contributed by atoms with van der Waals surface area (Å²) in [5.41, 5.74) is 2.42. The van der Waals surface area contributed by atoms with Crippen LogP contribution >= 0.6 is 0 Å². The van der Waals surface area contributed by atoms with E-state index in [2.05, 4.69) is 5.10 Å². The quantitative estimate of drug-likeness (QED) is 0.177. The van der Waals surface area contributed by atoms with Crippen LogP contribution in [0.15, 0.2) is 109 Å². The molecule has 49 heavy (non-hydrogen) atoms. The zero-order valence-electron chi connectivity index (χ0n) is 27.7. The molecular formula is C39H37N5O5. The van der Waals surface area contributed by atoms with Gasteiger partial charge < -0.3 is 14.5 Å². The van der Waals surface area contributed by atoms with Gasteiger partial charge in [-0.1, -0.05) is 66.7 Å². The van der Waals surface area contributed by atoms with E-state index in [4.69, 9.17) is 4.74 Å².